The normalized spacial score (nSPS) is 16.4. The number of anilines is 1. The molecule has 1 heterocycles. The first-order chi connectivity index (χ1) is 11.5. The number of Topliss-reactive ketones (excluding diaryl/α,β-unsaturated/α-hetero) is 1. The zero-order valence-electron chi connectivity index (χ0n) is 13.5. The summed E-state index contributed by atoms with van der Waals surface area (Å²) in [5, 5.41) is 2.65. The second-order valence-electron chi connectivity index (χ2n) is 6.03. The number of hydrogen-bond donors (Lipinski definition) is 2. The molecule has 1 amide bonds. The molecule has 0 radical (unpaired) electrons. The van der Waals surface area contributed by atoms with Gasteiger partial charge < -0.3 is 15.0 Å². The highest BCUT2D eigenvalue weighted by Crippen LogP contribution is 2.24. The molecule has 6 heteroatoms. The number of amides is 1. The molecule has 1 atom stereocenters. The first kappa shape index (κ1) is 16.0. The van der Waals surface area contributed by atoms with Crippen LogP contribution in [0.25, 0.3) is 0 Å². The van der Waals surface area contributed by atoms with Gasteiger partial charge in [0.05, 0.1) is 7.11 Å². The van der Waals surface area contributed by atoms with E-state index in [4.69, 9.17) is 4.74 Å². The summed E-state index contributed by atoms with van der Waals surface area (Å²) in [5.74, 6) is 0.183. The van der Waals surface area contributed by atoms with E-state index >= 15 is 0 Å². The Bertz CT molecular complexity index is 870. The minimum atomic E-state index is -0.557. The molecule has 3 rings (SSSR count). The molecule has 0 aliphatic heterocycles. The topological polar surface area (TPSA) is 88.3 Å². The smallest absolute Gasteiger partial charge is 0.261 e. The average molecular weight is 326 g/mol. The van der Waals surface area contributed by atoms with E-state index in [9.17, 15) is 14.4 Å². The van der Waals surface area contributed by atoms with E-state index in [1.54, 1.807) is 24.3 Å². The highest BCUT2D eigenvalue weighted by atomic mass is 16.5. The van der Waals surface area contributed by atoms with Gasteiger partial charge in [0.2, 0.25) is 0 Å². The summed E-state index contributed by atoms with van der Waals surface area (Å²) >= 11 is 0. The van der Waals surface area contributed by atoms with Crippen molar-refractivity contribution in [3.8, 4) is 5.75 Å². The van der Waals surface area contributed by atoms with Crippen molar-refractivity contribution in [3.05, 3.63) is 57.5 Å². The van der Waals surface area contributed by atoms with Crippen molar-refractivity contribution in [1.82, 2.24) is 4.98 Å². The van der Waals surface area contributed by atoms with Crippen LogP contribution in [0.1, 0.15) is 39.8 Å². The number of rotatable bonds is 3. The summed E-state index contributed by atoms with van der Waals surface area (Å²) < 4.78 is 5.10. The Morgan fingerprint density at radius 1 is 1.25 bits per heavy atom. The molecule has 1 unspecified atom stereocenters. The largest absolute Gasteiger partial charge is 0.497 e. The number of hydrogen-bond acceptors (Lipinski definition) is 4. The van der Waals surface area contributed by atoms with Gasteiger partial charge in [-0.05, 0) is 30.5 Å². The number of aromatic nitrogens is 1. The third-order valence-electron chi connectivity index (χ3n) is 4.08. The molecule has 1 aromatic heterocycles. The first-order valence-electron chi connectivity index (χ1n) is 7.72. The van der Waals surface area contributed by atoms with E-state index in [1.165, 1.54) is 13.2 Å². The molecule has 0 saturated carbocycles. The molecule has 2 N–H and O–H groups in total. The lowest BCUT2D eigenvalue weighted by atomic mass is 9.86. The Hall–Kier alpha value is -2.89. The summed E-state index contributed by atoms with van der Waals surface area (Å²) in [6.45, 7) is 1.96. The summed E-state index contributed by atoms with van der Waals surface area (Å²) in [7, 11) is 1.53. The van der Waals surface area contributed by atoms with Crippen molar-refractivity contribution < 1.29 is 14.3 Å². The van der Waals surface area contributed by atoms with E-state index in [0.29, 0.717) is 35.5 Å². The molecule has 0 bridgehead atoms. The lowest BCUT2D eigenvalue weighted by molar-refractivity contribution is 0.0952. The fourth-order valence-corrected chi connectivity index (χ4v) is 2.89. The van der Waals surface area contributed by atoms with Crippen LogP contribution in [0.15, 0.2) is 35.1 Å². The standard InChI is InChI=1S/C18H18N2O4/c1-10-6-15-13(16(21)7-10)9-14(18(23)20-15)17(22)19-11-4-3-5-12(8-11)24-2/h3-5,8-10H,6-7H2,1-2H3,(H,19,22)(H,20,23). The lowest BCUT2D eigenvalue weighted by Gasteiger charge is -2.20. The maximum absolute atomic E-state index is 12.4. The van der Waals surface area contributed by atoms with Gasteiger partial charge in [0.1, 0.15) is 11.3 Å². The van der Waals surface area contributed by atoms with Crippen LogP contribution in [0.4, 0.5) is 5.69 Å². The number of methoxy groups -OCH3 is 1. The van der Waals surface area contributed by atoms with Crippen LogP contribution in [0.2, 0.25) is 0 Å². The van der Waals surface area contributed by atoms with Gasteiger partial charge in [-0.1, -0.05) is 13.0 Å². The zero-order valence-corrected chi connectivity index (χ0v) is 13.5. The monoisotopic (exact) mass is 326 g/mol. The zero-order chi connectivity index (χ0) is 17.3. The number of fused-ring (bicyclic) bond motifs is 1. The molecule has 1 aliphatic carbocycles. The molecule has 0 fully saturated rings. The SMILES string of the molecule is COc1cccc(NC(=O)c2cc3c([nH]c2=O)CC(C)CC3=O)c1. The van der Waals surface area contributed by atoms with E-state index in [-0.39, 0.29) is 17.3 Å². The van der Waals surface area contributed by atoms with Gasteiger partial charge in [0.25, 0.3) is 11.5 Å². The van der Waals surface area contributed by atoms with Crippen LogP contribution in [0.5, 0.6) is 5.75 Å². The maximum atomic E-state index is 12.4. The molecule has 2 aromatic rings. The minimum Gasteiger partial charge on any atom is -0.497 e. The van der Waals surface area contributed by atoms with Crippen LogP contribution < -0.4 is 15.6 Å². The molecule has 24 heavy (non-hydrogen) atoms. The molecule has 1 aliphatic rings. The van der Waals surface area contributed by atoms with Crippen LogP contribution in [-0.4, -0.2) is 23.8 Å². The lowest BCUT2D eigenvalue weighted by Crippen LogP contribution is -2.29. The molecule has 0 saturated heterocycles. The third-order valence-corrected chi connectivity index (χ3v) is 4.08. The third kappa shape index (κ3) is 3.08. The van der Waals surface area contributed by atoms with Crippen LogP contribution in [0.3, 0.4) is 0 Å². The number of ketones is 1. The number of pyridine rings is 1. The van der Waals surface area contributed by atoms with E-state index in [0.717, 1.165) is 0 Å². The fraction of sp³-hybridized carbons (Fsp3) is 0.278. The number of H-pyrrole nitrogens is 1. The summed E-state index contributed by atoms with van der Waals surface area (Å²) in [5.41, 5.74) is 0.997. The van der Waals surface area contributed by atoms with Crippen LogP contribution in [0, 0.1) is 5.92 Å². The number of benzene rings is 1. The predicted molar refractivity (Wildman–Crippen MR) is 89.8 cm³/mol. The number of nitrogens with one attached hydrogen (secondary N) is 2. The van der Waals surface area contributed by atoms with Gasteiger partial charge in [-0.2, -0.15) is 0 Å². The number of carbonyl (C=O) groups excluding carboxylic acids is 2. The minimum absolute atomic E-state index is 0.0459. The molecular formula is C18H18N2O4. The highest BCUT2D eigenvalue weighted by Gasteiger charge is 2.25. The Labute approximate surface area is 138 Å². The van der Waals surface area contributed by atoms with Gasteiger partial charge in [-0.25, -0.2) is 0 Å². The van der Waals surface area contributed by atoms with Crippen LogP contribution in [-0.2, 0) is 6.42 Å². The Balaban J connectivity index is 1.91. The second kappa shape index (κ2) is 6.31. The van der Waals surface area contributed by atoms with Crippen LogP contribution >= 0.6 is 0 Å². The van der Waals surface area contributed by atoms with Crippen molar-refractivity contribution in [1.29, 1.82) is 0 Å². The van der Waals surface area contributed by atoms with Gasteiger partial charge in [-0.3, -0.25) is 14.4 Å². The summed E-state index contributed by atoms with van der Waals surface area (Å²) in [6, 6.07) is 8.23. The van der Waals surface area contributed by atoms with Gasteiger partial charge >= 0.3 is 0 Å². The number of carbonyl (C=O) groups is 2. The molecular weight excluding hydrogens is 308 g/mol. The highest BCUT2D eigenvalue weighted by molar-refractivity contribution is 6.06. The van der Waals surface area contributed by atoms with Crippen molar-refractivity contribution >= 4 is 17.4 Å². The summed E-state index contributed by atoms with van der Waals surface area (Å²) in [4.78, 5) is 39.5. The molecule has 124 valence electrons. The first-order valence-corrected chi connectivity index (χ1v) is 7.72. The predicted octanol–water partition coefficient (Wildman–Crippen LogP) is 2.40. The number of ether oxygens (including phenoxy) is 1. The second-order valence-corrected chi connectivity index (χ2v) is 6.03. The quantitative estimate of drug-likeness (QED) is 0.906. The van der Waals surface area contributed by atoms with Crippen molar-refractivity contribution in [2.45, 2.75) is 19.8 Å². The molecule has 6 nitrogen and oxygen atoms in total. The fourth-order valence-electron chi connectivity index (χ4n) is 2.89. The van der Waals surface area contributed by atoms with Gasteiger partial charge in [0, 0.05) is 29.4 Å². The number of aromatic amines is 1. The molecule has 0 spiro atoms. The van der Waals surface area contributed by atoms with E-state index in [2.05, 4.69) is 10.3 Å². The van der Waals surface area contributed by atoms with Gasteiger partial charge in [0.15, 0.2) is 5.78 Å². The maximum Gasteiger partial charge on any atom is 0.261 e. The Morgan fingerprint density at radius 3 is 2.79 bits per heavy atom. The Kier molecular flexibility index (Phi) is 4.20. The summed E-state index contributed by atoms with van der Waals surface area (Å²) in [6.07, 6.45) is 1.06. The average Bonchev–Trinajstić information content (AvgIpc) is 2.54. The van der Waals surface area contributed by atoms with E-state index in [1.807, 2.05) is 6.92 Å². The van der Waals surface area contributed by atoms with E-state index < -0.39 is 11.5 Å². The molecule has 1 aromatic carbocycles. The van der Waals surface area contributed by atoms with Gasteiger partial charge in [-0.15, -0.1) is 0 Å². The van der Waals surface area contributed by atoms with Crippen molar-refractivity contribution in [2.75, 3.05) is 12.4 Å². The van der Waals surface area contributed by atoms with Crippen molar-refractivity contribution in [2.24, 2.45) is 5.92 Å². The Morgan fingerprint density at radius 2 is 2.04 bits per heavy atom. The van der Waals surface area contributed by atoms with Crippen molar-refractivity contribution in [3.63, 3.8) is 0 Å².